The van der Waals surface area contributed by atoms with Gasteiger partial charge in [-0.05, 0) is 37.8 Å². The second kappa shape index (κ2) is 8.18. The Kier molecular flexibility index (Phi) is 6.89. The van der Waals surface area contributed by atoms with Crippen LogP contribution in [0.4, 0.5) is 18.9 Å². The summed E-state index contributed by atoms with van der Waals surface area (Å²) in [6.07, 6.45) is -0.853. The van der Waals surface area contributed by atoms with Gasteiger partial charge in [-0.1, -0.05) is 37.5 Å². The molecule has 0 spiro atoms. The fourth-order valence-corrected chi connectivity index (χ4v) is 2.29. The van der Waals surface area contributed by atoms with Crippen molar-refractivity contribution in [2.75, 3.05) is 11.9 Å². The monoisotopic (exact) mass is 287 g/mol. The van der Waals surface area contributed by atoms with Gasteiger partial charge in [0, 0.05) is 18.7 Å². The molecule has 0 heterocycles. The zero-order chi connectivity index (χ0) is 15.0. The van der Waals surface area contributed by atoms with E-state index in [-0.39, 0.29) is 6.42 Å². The number of anilines is 1. The van der Waals surface area contributed by atoms with Gasteiger partial charge in [0.25, 0.3) is 0 Å². The second-order valence-electron chi connectivity index (χ2n) is 5.33. The van der Waals surface area contributed by atoms with E-state index in [1.165, 1.54) is 16.8 Å². The van der Waals surface area contributed by atoms with Crippen molar-refractivity contribution in [2.24, 2.45) is 0 Å². The molecule has 0 aliphatic rings. The number of benzene rings is 1. The fourth-order valence-electron chi connectivity index (χ4n) is 2.29. The molecule has 0 amide bonds. The van der Waals surface area contributed by atoms with Gasteiger partial charge in [0.15, 0.2) is 0 Å². The summed E-state index contributed by atoms with van der Waals surface area (Å²) >= 11 is 0. The number of para-hydroxylation sites is 1. The van der Waals surface area contributed by atoms with Crippen LogP contribution in [0, 0.1) is 13.8 Å². The minimum absolute atomic E-state index is 0.258. The first kappa shape index (κ1) is 16.9. The highest BCUT2D eigenvalue weighted by Crippen LogP contribution is 2.23. The van der Waals surface area contributed by atoms with Gasteiger partial charge < -0.3 is 5.32 Å². The predicted octanol–water partition coefficient (Wildman–Crippen LogP) is 5.62. The maximum Gasteiger partial charge on any atom is 0.389 e. The lowest BCUT2D eigenvalue weighted by Gasteiger charge is -2.12. The number of hydrogen-bond acceptors (Lipinski definition) is 1. The molecular formula is C16H24F3N. The first-order valence-corrected chi connectivity index (χ1v) is 7.27. The van der Waals surface area contributed by atoms with Crippen molar-refractivity contribution in [3.05, 3.63) is 29.3 Å². The molecular weight excluding hydrogens is 263 g/mol. The SMILES string of the molecule is Cc1cccc(C)c1NCCCCCCCC(F)(F)F. The van der Waals surface area contributed by atoms with Gasteiger partial charge in [-0.25, -0.2) is 0 Å². The first-order valence-electron chi connectivity index (χ1n) is 7.27. The number of hydrogen-bond donors (Lipinski definition) is 1. The predicted molar refractivity (Wildman–Crippen MR) is 78.2 cm³/mol. The van der Waals surface area contributed by atoms with Crippen molar-refractivity contribution in [3.8, 4) is 0 Å². The van der Waals surface area contributed by atoms with Crippen LogP contribution in [0.5, 0.6) is 0 Å². The molecule has 0 aliphatic heterocycles. The summed E-state index contributed by atoms with van der Waals surface area (Å²) in [6.45, 7) is 5.03. The van der Waals surface area contributed by atoms with E-state index in [1.807, 2.05) is 6.07 Å². The highest BCUT2D eigenvalue weighted by Gasteiger charge is 2.25. The molecule has 0 saturated heterocycles. The standard InChI is InChI=1S/C16H24F3N/c1-13-9-8-10-14(2)15(13)20-12-7-5-3-4-6-11-16(17,18)19/h8-10,20H,3-7,11-12H2,1-2H3. The van der Waals surface area contributed by atoms with E-state index in [0.717, 1.165) is 25.8 Å². The summed E-state index contributed by atoms with van der Waals surface area (Å²) in [4.78, 5) is 0. The van der Waals surface area contributed by atoms with Crippen LogP contribution >= 0.6 is 0 Å². The summed E-state index contributed by atoms with van der Waals surface area (Å²) in [6, 6.07) is 6.19. The molecule has 20 heavy (non-hydrogen) atoms. The summed E-state index contributed by atoms with van der Waals surface area (Å²) in [5, 5.41) is 3.42. The molecule has 0 unspecified atom stereocenters. The smallest absolute Gasteiger partial charge is 0.385 e. The van der Waals surface area contributed by atoms with Gasteiger partial charge in [-0.2, -0.15) is 13.2 Å². The number of rotatable bonds is 8. The van der Waals surface area contributed by atoms with E-state index in [0.29, 0.717) is 6.42 Å². The van der Waals surface area contributed by atoms with Crippen LogP contribution in [0.25, 0.3) is 0 Å². The fraction of sp³-hybridized carbons (Fsp3) is 0.625. The zero-order valence-electron chi connectivity index (χ0n) is 12.3. The Morgan fingerprint density at radius 3 is 2.05 bits per heavy atom. The average Bonchev–Trinajstić information content (AvgIpc) is 2.34. The Labute approximate surface area is 119 Å². The molecule has 0 atom stereocenters. The van der Waals surface area contributed by atoms with E-state index in [1.54, 1.807) is 0 Å². The maximum absolute atomic E-state index is 11.9. The van der Waals surface area contributed by atoms with E-state index < -0.39 is 12.6 Å². The van der Waals surface area contributed by atoms with Crippen LogP contribution in [-0.4, -0.2) is 12.7 Å². The third-order valence-electron chi connectivity index (χ3n) is 3.42. The number of aryl methyl sites for hydroxylation is 2. The highest BCUT2D eigenvalue weighted by atomic mass is 19.4. The normalized spacial score (nSPS) is 11.7. The number of unbranched alkanes of at least 4 members (excludes halogenated alkanes) is 4. The summed E-state index contributed by atoms with van der Waals surface area (Å²) in [5.41, 5.74) is 3.65. The molecule has 4 heteroatoms. The Morgan fingerprint density at radius 2 is 1.45 bits per heavy atom. The van der Waals surface area contributed by atoms with Crippen LogP contribution in [0.3, 0.4) is 0 Å². The largest absolute Gasteiger partial charge is 0.389 e. The summed E-state index contributed by atoms with van der Waals surface area (Å²) < 4.78 is 35.8. The Hall–Kier alpha value is -1.19. The number of halogens is 3. The molecule has 1 rings (SSSR count). The first-order chi connectivity index (χ1) is 9.40. The van der Waals surface area contributed by atoms with Crippen LogP contribution in [-0.2, 0) is 0 Å². The Balaban J connectivity index is 2.08. The van der Waals surface area contributed by atoms with E-state index in [9.17, 15) is 13.2 Å². The minimum atomic E-state index is -4.00. The van der Waals surface area contributed by atoms with Crippen molar-refractivity contribution in [1.29, 1.82) is 0 Å². The minimum Gasteiger partial charge on any atom is -0.385 e. The molecule has 0 aliphatic carbocycles. The van der Waals surface area contributed by atoms with E-state index in [4.69, 9.17) is 0 Å². The van der Waals surface area contributed by atoms with Gasteiger partial charge >= 0.3 is 6.18 Å². The molecule has 0 aromatic heterocycles. The summed E-state index contributed by atoms with van der Waals surface area (Å²) in [5.74, 6) is 0. The van der Waals surface area contributed by atoms with Gasteiger partial charge in [0.1, 0.15) is 0 Å². The Bertz CT molecular complexity index is 379. The lowest BCUT2D eigenvalue weighted by Crippen LogP contribution is -2.06. The van der Waals surface area contributed by atoms with Crippen molar-refractivity contribution in [3.63, 3.8) is 0 Å². The molecule has 1 nitrogen and oxygen atoms in total. The number of alkyl halides is 3. The lowest BCUT2D eigenvalue weighted by atomic mass is 10.1. The average molecular weight is 287 g/mol. The molecule has 0 fully saturated rings. The molecule has 1 aromatic carbocycles. The topological polar surface area (TPSA) is 12.0 Å². The third-order valence-corrected chi connectivity index (χ3v) is 3.42. The van der Waals surface area contributed by atoms with Gasteiger partial charge in [0.2, 0.25) is 0 Å². The second-order valence-corrected chi connectivity index (χ2v) is 5.33. The van der Waals surface area contributed by atoms with Crippen LogP contribution in [0.2, 0.25) is 0 Å². The van der Waals surface area contributed by atoms with Crippen LogP contribution < -0.4 is 5.32 Å². The van der Waals surface area contributed by atoms with Gasteiger partial charge in [-0.3, -0.25) is 0 Å². The van der Waals surface area contributed by atoms with Crippen molar-refractivity contribution in [1.82, 2.24) is 0 Å². The van der Waals surface area contributed by atoms with E-state index >= 15 is 0 Å². The maximum atomic E-state index is 11.9. The van der Waals surface area contributed by atoms with E-state index in [2.05, 4.69) is 31.3 Å². The molecule has 1 aromatic rings. The molecule has 114 valence electrons. The van der Waals surface area contributed by atoms with Crippen LogP contribution in [0.1, 0.15) is 49.7 Å². The Morgan fingerprint density at radius 1 is 0.900 bits per heavy atom. The molecule has 0 radical (unpaired) electrons. The zero-order valence-corrected chi connectivity index (χ0v) is 12.3. The molecule has 0 saturated carbocycles. The molecule has 1 N–H and O–H groups in total. The van der Waals surface area contributed by atoms with Crippen molar-refractivity contribution >= 4 is 5.69 Å². The van der Waals surface area contributed by atoms with Gasteiger partial charge in [-0.15, -0.1) is 0 Å². The van der Waals surface area contributed by atoms with Crippen LogP contribution in [0.15, 0.2) is 18.2 Å². The quantitative estimate of drug-likeness (QED) is 0.612. The van der Waals surface area contributed by atoms with Crippen molar-refractivity contribution < 1.29 is 13.2 Å². The summed E-state index contributed by atoms with van der Waals surface area (Å²) in [7, 11) is 0. The molecule has 0 bridgehead atoms. The highest BCUT2D eigenvalue weighted by molar-refractivity contribution is 5.56. The van der Waals surface area contributed by atoms with Crippen molar-refractivity contribution in [2.45, 2.75) is 58.5 Å². The number of nitrogens with one attached hydrogen (secondary N) is 1. The third kappa shape index (κ3) is 6.83. The van der Waals surface area contributed by atoms with Gasteiger partial charge in [0.05, 0.1) is 0 Å². The lowest BCUT2D eigenvalue weighted by molar-refractivity contribution is -0.135.